The minimum absolute atomic E-state index is 0.864. The molecule has 0 bridgehead atoms. The molecule has 10 heavy (non-hydrogen) atoms. The van der Waals surface area contributed by atoms with E-state index in [0.717, 1.165) is 11.4 Å². The van der Waals surface area contributed by atoms with Crippen LogP contribution in [0.3, 0.4) is 0 Å². The second-order valence-corrected chi connectivity index (χ2v) is 2.19. The smallest absolute Gasteiger partial charge is 0.136 e. The van der Waals surface area contributed by atoms with Crippen LogP contribution in [-0.2, 0) is 0 Å². The summed E-state index contributed by atoms with van der Waals surface area (Å²) in [6.45, 7) is 5.72. The Bertz CT molecular complexity index is 237. The summed E-state index contributed by atoms with van der Waals surface area (Å²) in [7, 11) is 1.65. The second kappa shape index (κ2) is 2.60. The van der Waals surface area contributed by atoms with Crippen molar-refractivity contribution >= 4 is 5.70 Å². The summed E-state index contributed by atoms with van der Waals surface area (Å²) in [4.78, 5) is 0. The third-order valence-electron chi connectivity index (χ3n) is 1.34. The normalized spacial score (nSPS) is 9.40. The monoisotopic (exact) mass is 137 g/mol. The number of aromatic nitrogens is 1. The molecule has 0 aromatic carbocycles. The van der Waals surface area contributed by atoms with Crippen LogP contribution in [0.25, 0.3) is 5.70 Å². The van der Waals surface area contributed by atoms with Crippen LogP contribution >= 0.6 is 0 Å². The van der Waals surface area contributed by atoms with E-state index in [-0.39, 0.29) is 0 Å². The molecule has 0 spiro atoms. The lowest BCUT2D eigenvalue weighted by atomic mass is 10.5. The highest BCUT2D eigenvalue weighted by atomic mass is 16.5. The van der Waals surface area contributed by atoms with Crippen molar-refractivity contribution in [3.05, 3.63) is 25.0 Å². The molecule has 0 N–H and O–H groups in total. The quantitative estimate of drug-likeness (QED) is 0.608. The van der Waals surface area contributed by atoms with Crippen LogP contribution < -0.4 is 4.74 Å². The zero-order chi connectivity index (χ0) is 7.56. The number of nitrogens with zero attached hydrogens (tertiary/aromatic N) is 1. The molecule has 1 rings (SSSR count). The lowest BCUT2D eigenvalue weighted by Crippen LogP contribution is -1.85. The van der Waals surface area contributed by atoms with Crippen molar-refractivity contribution in [2.24, 2.45) is 0 Å². The molecule has 0 atom stereocenters. The first-order chi connectivity index (χ1) is 4.74. The fourth-order valence-corrected chi connectivity index (χ4v) is 0.735. The Morgan fingerprint density at radius 2 is 2.40 bits per heavy atom. The summed E-state index contributed by atoms with van der Waals surface area (Å²) < 4.78 is 6.90. The van der Waals surface area contributed by atoms with Crippen LogP contribution in [0.2, 0.25) is 0 Å². The first kappa shape index (κ1) is 6.93. The van der Waals surface area contributed by atoms with E-state index in [1.807, 2.05) is 30.0 Å². The Balaban J connectivity index is 2.88. The van der Waals surface area contributed by atoms with Gasteiger partial charge in [-0.05, 0) is 13.0 Å². The van der Waals surface area contributed by atoms with Crippen LogP contribution in [-0.4, -0.2) is 11.7 Å². The van der Waals surface area contributed by atoms with Crippen molar-refractivity contribution in [2.45, 2.75) is 6.92 Å². The van der Waals surface area contributed by atoms with E-state index in [2.05, 4.69) is 6.58 Å². The first-order valence-electron chi connectivity index (χ1n) is 3.12. The summed E-state index contributed by atoms with van der Waals surface area (Å²) >= 11 is 0. The van der Waals surface area contributed by atoms with Gasteiger partial charge in [0.15, 0.2) is 0 Å². The van der Waals surface area contributed by atoms with Crippen molar-refractivity contribution in [3.8, 4) is 5.75 Å². The molecule has 0 fully saturated rings. The maximum absolute atomic E-state index is 4.98. The van der Waals surface area contributed by atoms with Gasteiger partial charge in [-0.1, -0.05) is 6.58 Å². The highest BCUT2D eigenvalue weighted by Crippen LogP contribution is 2.12. The number of hydrogen-bond donors (Lipinski definition) is 0. The molecular formula is C8H11NO. The van der Waals surface area contributed by atoms with Crippen LogP contribution in [0.4, 0.5) is 0 Å². The van der Waals surface area contributed by atoms with Gasteiger partial charge < -0.3 is 9.30 Å². The predicted molar refractivity (Wildman–Crippen MR) is 42.0 cm³/mol. The summed E-state index contributed by atoms with van der Waals surface area (Å²) in [5, 5.41) is 0. The van der Waals surface area contributed by atoms with Crippen molar-refractivity contribution < 1.29 is 4.74 Å². The van der Waals surface area contributed by atoms with Crippen molar-refractivity contribution in [1.82, 2.24) is 4.57 Å². The molecule has 2 nitrogen and oxygen atoms in total. The maximum atomic E-state index is 4.98. The van der Waals surface area contributed by atoms with Gasteiger partial charge >= 0.3 is 0 Å². The molecule has 0 unspecified atom stereocenters. The van der Waals surface area contributed by atoms with Crippen LogP contribution in [0.5, 0.6) is 5.75 Å². The van der Waals surface area contributed by atoms with Crippen LogP contribution in [0.1, 0.15) is 6.92 Å². The van der Waals surface area contributed by atoms with E-state index in [1.54, 1.807) is 7.11 Å². The minimum atomic E-state index is 0.864. The molecule has 0 saturated heterocycles. The van der Waals surface area contributed by atoms with Crippen molar-refractivity contribution in [1.29, 1.82) is 0 Å². The van der Waals surface area contributed by atoms with E-state index in [1.165, 1.54) is 0 Å². The average Bonchev–Trinajstić information content (AvgIpc) is 2.34. The van der Waals surface area contributed by atoms with E-state index in [9.17, 15) is 0 Å². The molecule has 1 heterocycles. The van der Waals surface area contributed by atoms with Gasteiger partial charge in [-0.2, -0.15) is 0 Å². The molecule has 1 aromatic rings. The van der Waals surface area contributed by atoms with E-state index in [4.69, 9.17) is 4.74 Å². The maximum Gasteiger partial charge on any atom is 0.136 e. The van der Waals surface area contributed by atoms with Gasteiger partial charge in [0, 0.05) is 11.9 Å². The standard InChI is InChI=1S/C8H11NO/c1-7(2)9-5-4-8(6-9)10-3/h4-6H,1H2,2-3H3. The van der Waals surface area contributed by atoms with Gasteiger partial charge in [0.25, 0.3) is 0 Å². The van der Waals surface area contributed by atoms with Crippen molar-refractivity contribution in [3.63, 3.8) is 0 Å². The first-order valence-corrected chi connectivity index (χ1v) is 3.12. The summed E-state index contributed by atoms with van der Waals surface area (Å²) in [5.41, 5.74) is 0.989. The summed E-state index contributed by atoms with van der Waals surface area (Å²) in [6.07, 6.45) is 3.81. The number of rotatable bonds is 2. The highest BCUT2D eigenvalue weighted by Gasteiger charge is 1.93. The molecule has 0 aliphatic rings. The fourth-order valence-electron chi connectivity index (χ4n) is 0.735. The van der Waals surface area contributed by atoms with Gasteiger partial charge in [0.05, 0.1) is 13.3 Å². The Labute approximate surface area is 60.7 Å². The van der Waals surface area contributed by atoms with Gasteiger partial charge in [-0.15, -0.1) is 0 Å². The molecule has 2 heteroatoms. The largest absolute Gasteiger partial charge is 0.495 e. The summed E-state index contributed by atoms with van der Waals surface area (Å²) in [5.74, 6) is 0.864. The topological polar surface area (TPSA) is 14.2 Å². The van der Waals surface area contributed by atoms with Gasteiger partial charge in [-0.25, -0.2) is 0 Å². The number of methoxy groups -OCH3 is 1. The van der Waals surface area contributed by atoms with Crippen LogP contribution in [0.15, 0.2) is 25.0 Å². The van der Waals surface area contributed by atoms with E-state index >= 15 is 0 Å². The third-order valence-corrected chi connectivity index (χ3v) is 1.34. The Hall–Kier alpha value is -1.18. The zero-order valence-electron chi connectivity index (χ0n) is 6.29. The molecule has 0 radical (unpaired) electrons. The Morgan fingerprint density at radius 3 is 2.70 bits per heavy atom. The SMILES string of the molecule is C=C(C)n1ccc(OC)c1. The van der Waals surface area contributed by atoms with E-state index in [0.29, 0.717) is 0 Å². The zero-order valence-corrected chi connectivity index (χ0v) is 6.29. The predicted octanol–water partition coefficient (Wildman–Crippen LogP) is 1.99. The van der Waals surface area contributed by atoms with Gasteiger partial charge in [0.1, 0.15) is 5.75 Å². The number of allylic oxidation sites excluding steroid dienone is 1. The molecule has 0 aliphatic heterocycles. The van der Waals surface area contributed by atoms with Crippen molar-refractivity contribution in [2.75, 3.05) is 7.11 Å². The fraction of sp³-hybridized carbons (Fsp3) is 0.250. The molecule has 1 aromatic heterocycles. The average molecular weight is 137 g/mol. The number of ether oxygens (including phenoxy) is 1. The molecular weight excluding hydrogens is 126 g/mol. The summed E-state index contributed by atoms with van der Waals surface area (Å²) in [6, 6.07) is 1.90. The second-order valence-electron chi connectivity index (χ2n) is 2.19. The van der Waals surface area contributed by atoms with Crippen LogP contribution in [0, 0.1) is 0 Å². The third kappa shape index (κ3) is 1.21. The minimum Gasteiger partial charge on any atom is -0.495 e. The Morgan fingerprint density at radius 1 is 1.70 bits per heavy atom. The lowest BCUT2D eigenvalue weighted by Gasteiger charge is -1.97. The molecule has 0 amide bonds. The van der Waals surface area contributed by atoms with E-state index < -0.39 is 0 Å². The number of hydrogen-bond acceptors (Lipinski definition) is 1. The van der Waals surface area contributed by atoms with Gasteiger partial charge in [0.2, 0.25) is 0 Å². The molecule has 0 saturated carbocycles. The molecule has 0 aliphatic carbocycles. The Kier molecular flexibility index (Phi) is 1.81. The highest BCUT2D eigenvalue weighted by molar-refractivity contribution is 5.40. The lowest BCUT2D eigenvalue weighted by molar-refractivity contribution is 0.415. The van der Waals surface area contributed by atoms with Gasteiger partial charge in [-0.3, -0.25) is 0 Å². The molecule has 54 valence electrons.